The minimum atomic E-state index is -0.226. The Bertz CT molecular complexity index is 945. The zero-order chi connectivity index (χ0) is 17.9. The molecule has 0 aliphatic carbocycles. The van der Waals surface area contributed by atoms with Crippen LogP contribution in [0.3, 0.4) is 0 Å². The largest absolute Gasteiger partial charge is 0.492 e. The van der Waals surface area contributed by atoms with Gasteiger partial charge in [-0.2, -0.15) is 0 Å². The van der Waals surface area contributed by atoms with Crippen molar-refractivity contribution in [1.29, 1.82) is 0 Å². The average molecular weight is 365 g/mol. The van der Waals surface area contributed by atoms with Crippen molar-refractivity contribution in [2.24, 2.45) is 0 Å². The normalized spacial score (nSPS) is 17.2. The first-order valence-corrected chi connectivity index (χ1v) is 9.55. The van der Waals surface area contributed by atoms with Gasteiger partial charge in [-0.3, -0.25) is 9.59 Å². The molecule has 2 aromatic carbocycles. The fourth-order valence-corrected chi connectivity index (χ4v) is 4.24. The third kappa shape index (κ3) is 3.68. The monoisotopic (exact) mass is 365 g/mol. The van der Waals surface area contributed by atoms with Gasteiger partial charge in [0.05, 0.1) is 18.2 Å². The lowest BCUT2D eigenvalue weighted by atomic mass is 10.1. The van der Waals surface area contributed by atoms with Gasteiger partial charge in [0.15, 0.2) is 10.9 Å². The highest BCUT2D eigenvalue weighted by molar-refractivity contribution is 8.15. The molecule has 1 unspecified atom stereocenters. The van der Waals surface area contributed by atoms with Crippen LogP contribution in [0.15, 0.2) is 60.8 Å². The Balaban J connectivity index is 1.31. The van der Waals surface area contributed by atoms with Crippen molar-refractivity contribution in [3.63, 3.8) is 0 Å². The summed E-state index contributed by atoms with van der Waals surface area (Å²) >= 11 is 1.16. The van der Waals surface area contributed by atoms with E-state index in [2.05, 4.69) is 29.0 Å². The molecule has 0 radical (unpaired) electrons. The molecule has 0 bridgehead atoms. The van der Waals surface area contributed by atoms with E-state index in [1.165, 1.54) is 10.9 Å². The number of ether oxygens (including phenoxy) is 1. The number of thioether (sulfide) groups is 1. The van der Waals surface area contributed by atoms with Crippen LogP contribution >= 0.6 is 11.8 Å². The Labute approximate surface area is 156 Å². The number of para-hydroxylation sites is 1. The summed E-state index contributed by atoms with van der Waals surface area (Å²) in [6, 6.07) is 18.2. The Morgan fingerprint density at radius 1 is 1.04 bits per heavy atom. The molecule has 1 atom stereocenters. The molecular weight excluding hydrogens is 346 g/mol. The predicted octanol–water partition coefficient (Wildman–Crippen LogP) is 3.86. The third-order valence-corrected chi connectivity index (χ3v) is 5.70. The van der Waals surface area contributed by atoms with E-state index in [4.69, 9.17) is 4.74 Å². The number of ketones is 1. The molecule has 0 spiro atoms. The molecule has 5 heteroatoms. The van der Waals surface area contributed by atoms with E-state index in [-0.39, 0.29) is 22.6 Å². The van der Waals surface area contributed by atoms with E-state index >= 15 is 0 Å². The lowest BCUT2D eigenvalue weighted by molar-refractivity contribution is -0.121. The Kier molecular flexibility index (Phi) is 4.80. The topological polar surface area (TPSA) is 48.3 Å². The average Bonchev–Trinajstić information content (AvgIpc) is 3.19. The highest BCUT2D eigenvalue weighted by Crippen LogP contribution is 2.28. The first-order valence-electron chi connectivity index (χ1n) is 8.67. The van der Waals surface area contributed by atoms with Gasteiger partial charge in [0.1, 0.15) is 12.4 Å². The fourth-order valence-electron chi connectivity index (χ4n) is 3.21. The SMILES string of the molecule is O=C1CC(=O)C(Cc2ccc(OCCn3ccc4ccccc43)cc2)S1. The van der Waals surface area contributed by atoms with Crippen LogP contribution in [0.4, 0.5) is 0 Å². The van der Waals surface area contributed by atoms with Gasteiger partial charge in [0.2, 0.25) is 0 Å². The summed E-state index contributed by atoms with van der Waals surface area (Å²) in [6.45, 7) is 1.37. The van der Waals surface area contributed by atoms with E-state index in [1.54, 1.807) is 0 Å². The van der Waals surface area contributed by atoms with Crippen LogP contribution in [0.5, 0.6) is 5.75 Å². The summed E-state index contributed by atoms with van der Waals surface area (Å²) in [5.41, 5.74) is 2.26. The van der Waals surface area contributed by atoms with Crippen molar-refractivity contribution in [3.05, 3.63) is 66.4 Å². The minimum Gasteiger partial charge on any atom is -0.492 e. The van der Waals surface area contributed by atoms with Crippen molar-refractivity contribution < 1.29 is 14.3 Å². The molecule has 3 aromatic rings. The van der Waals surface area contributed by atoms with Crippen LogP contribution in [0.2, 0.25) is 0 Å². The van der Waals surface area contributed by atoms with Crippen LogP contribution < -0.4 is 4.74 Å². The Morgan fingerprint density at radius 2 is 1.85 bits per heavy atom. The second-order valence-electron chi connectivity index (χ2n) is 6.39. The maximum Gasteiger partial charge on any atom is 0.197 e. The number of carbonyl (C=O) groups is 2. The number of Topliss-reactive ketones (excluding diaryl/α,β-unsaturated/α-hetero) is 1. The van der Waals surface area contributed by atoms with Gasteiger partial charge < -0.3 is 9.30 Å². The van der Waals surface area contributed by atoms with E-state index in [1.807, 2.05) is 36.4 Å². The molecule has 4 rings (SSSR count). The molecule has 1 aromatic heterocycles. The summed E-state index contributed by atoms with van der Waals surface area (Å²) in [6.07, 6.45) is 2.75. The number of hydrogen-bond acceptors (Lipinski definition) is 4. The lowest BCUT2D eigenvalue weighted by Crippen LogP contribution is -2.13. The summed E-state index contributed by atoms with van der Waals surface area (Å²) in [5, 5.41) is 0.989. The maximum atomic E-state index is 11.7. The molecular formula is C21H19NO3S. The molecule has 0 saturated carbocycles. The number of aromatic nitrogens is 1. The third-order valence-electron chi connectivity index (χ3n) is 4.58. The van der Waals surface area contributed by atoms with E-state index in [0.29, 0.717) is 13.0 Å². The smallest absolute Gasteiger partial charge is 0.197 e. The highest BCUT2D eigenvalue weighted by Gasteiger charge is 2.31. The Morgan fingerprint density at radius 3 is 2.62 bits per heavy atom. The van der Waals surface area contributed by atoms with E-state index in [0.717, 1.165) is 29.6 Å². The Hall–Kier alpha value is -2.53. The number of hydrogen-bond donors (Lipinski definition) is 0. The molecule has 0 amide bonds. The number of benzene rings is 2. The van der Waals surface area contributed by atoms with Crippen molar-refractivity contribution in [1.82, 2.24) is 4.57 Å². The van der Waals surface area contributed by atoms with Crippen LogP contribution in [0.1, 0.15) is 12.0 Å². The first-order chi connectivity index (χ1) is 12.7. The predicted molar refractivity (Wildman–Crippen MR) is 104 cm³/mol. The molecule has 26 heavy (non-hydrogen) atoms. The lowest BCUT2D eigenvalue weighted by Gasteiger charge is -2.10. The van der Waals surface area contributed by atoms with Gasteiger partial charge in [0.25, 0.3) is 0 Å². The van der Waals surface area contributed by atoms with Gasteiger partial charge in [-0.15, -0.1) is 0 Å². The van der Waals surface area contributed by atoms with Gasteiger partial charge >= 0.3 is 0 Å². The van der Waals surface area contributed by atoms with Gasteiger partial charge in [-0.25, -0.2) is 0 Å². The molecule has 132 valence electrons. The van der Waals surface area contributed by atoms with Crippen LogP contribution in [0, 0.1) is 0 Å². The van der Waals surface area contributed by atoms with Gasteiger partial charge in [-0.1, -0.05) is 42.1 Å². The second-order valence-corrected chi connectivity index (χ2v) is 7.65. The number of fused-ring (bicyclic) bond motifs is 1. The number of rotatable bonds is 6. The highest BCUT2D eigenvalue weighted by atomic mass is 32.2. The molecule has 1 aliphatic rings. The number of carbonyl (C=O) groups excluding carboxylic acids is 2. The minimum absolute atomic E-state index is 0.0162. The molecule has 1 aliphatic heterocycles. The summed E-state index contributed by atoms with van der Waals surface area (Å²) in [7, 11) is 0. The fraction of sp³-hybridized carbons (Fsp3) is 0.238. The molecule has 2 heterocycles. The van der Waals surface area contributed by atoms with Gasteiger partial charge in [0, 0.05) is 11.7 Å². The first kappa shape index (κ1) is 16.9. The second kappa shape index (κ2) is 7.38. The van der Waals surface area contributed by atoms with Crippen LogP contribution in [-0.2, 0) is 22.6 Å². The molecule has 1 fully saturated rings. The van der Waals surface area contributed by atoms with E-state index in [9.17, 15) is 9.59 Å². The van der Waals surface area contributed by atoms with Crippen molar-refractivity contribution >= 4 is 33.6 Å². The van der Waals surface area contributed by atoms with Crippen molar-refractivity contribution in [3.8, 4) is 5.75 Å². The van der Waals surface area contributed by atoms with Crippen LogP contribution in [0.25, 0.3) is 10.9 Å². The number of nitrogens with zero attached hydrogens (tertiary/aromatic N) is 1. The van der Waals surface area contributed by atoms with Crippen LogP contribution in [-0.4, -0.2) is 27.3 Å². The molecule has 1 saturated heterocycles. The van der Waals surface area contributed by atoms with E-state index < -0.39 is 0 Å². The maximum absolute atomic E-state index is 11.7. The molecule has 0 N–H and O–H groups in total. The summed E-state index contributed by atoms with van der Waals surface area (Å²) < 4.78 is 8.03. The molecule has 4 nitrogen and oxygen atoms in total. The zero-order valence-electron chi connectivity index (χ0n) is 14.3. The summed E-state index contributed by atoms with van der Waals surface area (Å²) in [5.74, 6) is 0.853. The van der Waals surface area contributed by atoms with Gasteiger partial charge in [-0.05, 0) is 41.6 Å². The van der Waals surface area contributed by atoms with Crippen molar-refractivity contribution in [2.45, 2.75) is 24.6 Å². The standard InChI is InChI=1S/C21H19NO3S/c23-19-14-21(24)26-20(19)13-15-5-7-17(8-6-15)25-12-11-22-10-9-16-3-1-2-4-18(16)22/h1-10,20H,11-14H2. The zero-order valence-corrected chi connectivity index (χ0v) is 15.1. The quantitative estimate of drug-likeness (QED) is 0.622. The summed E-state index contributed by atoms with van der Waals surface area (Å²) in [4.78, 5) is 23.1. The van der Waals surface area contributed by atoms with Crippen molar-refractivity contribution in [2.75, 3.05) is 6.61 Å².